The number of nitrogens with zero attached hydrogens (tertiary/aromatic N) is 2. The number of furan rings is 1. The lowest BCUT2D eigenvalue weighted by Crippen LogP contribution is -2.17. The molecular formula is C31H25N3O4. The number of aromatic nitrogens is 1. The summed E-state index contributed by atoms with van der Waals surface area (Å²) in [7, 11) is 0. The zero-order valence-electron chi connectivity index (χ0n) is 20.9. The molecule has 3 aromatic carbocycles. The zero-order chi connectivity index (χ0) is 26.6. The number of nitrogens with one attached hydrogen (secondary N) is 1. The van der Waals surface area contributed by atoms with Crippen LogP contribution in [0, 0.1) is 13.8 Å². The van der Waals surface area contributed by atoms with Gasteiger partial charge in [0.25, 0.3) is 5.91 Å². The van der Waals surface area contributed by atoms with Gasteiger partial charge in [0, 0.05) is 22.5 Å². The average molecular weight is 504 g/mol. The first-order chi connectivity index (χ1) is 18.4. The van der Waals surface area contributed by atoms with Gasteiger partial charge in [-0.15, -0.1) is 0 Å². The van der Waals surface area contributed by atoms with Gasteiger partial charge in [-0.3, -0.25) is 4.79 Å². The zero-order valence-corrected chi connectivity index (χ0v) is 20.9. The second kappa shape index (κ2) is 10.4. The number of amides is 1. The van der Waals surface area contributed by atoms with Crippen molar-refractivity contribution >= 4 is 18.1 Å². The number of aromatic carboxylic acids is 1. The minimum absolute atomic E-state index is 0.218. The molecule has 5 aromatic rings. The van der Waals surface area contributed by atoms with Crippen LogP contribution in [0.1, 0.15) is 37.7 Å². The molecule has 0 unspecified atom stereocenters. The molecule has 2 heterocycles. The number of benzene rings is 3. The number of carboxylic acid groups (broad SMARTS) is 1. The molecule has 0 aliphatic rings. The van der Waals surface area contributed by atoms with Crippen LogP contribution in [-0.2, 0) is 0 Å². The molecule has 0 aliphatic carbocycles. The van der Waals surface area contributed by atoms with Gasteiger partial charge in [0.15, 0.2) is 0 Å². The van der Waals surface area contributed by atoms with Crippen LogP contribution in [0.15, 0.2) is 107 Å². The Kier molecular flexibility index (Phi) is 6.74. The van der Waals surface area contributed by atoms with Gasteiger partial charge in [-0.2, -0.15) is 5.10 Å². The van der Waals surface area contributed by atoms with Gasteiger partial charge < -0.3 is 14.1 Å². The van der Waals surface area contributed by atoms with Crippen LogP contribution in [0.3, 0.4) is 0 Å². The molecule has 38 heavy (non-hydrogen) atoms. The molecule has 2 N–H and O–H groups in total. The predicted molar refractivity (Wildman–Crippen MR) is 147 cm³/mol. The maximum absolute atomic E-state index is 12.6. The van der Waals surface area contributed by atoms with E-state index in [2.05, 4.69) is 39.4 Å². The van der Waals surface area contributed by atoms with Crippen LogP contribution in [0.25, 0.3) is 28.3 Å². The molecule has 0 saturated carbocycles. The minimum Gasteiger partial charge on any atom is -0.478 e. The van der Waals surface area contributed by atoms with Crippen LogP contribution in [-0.4, -0.2) is 27.8 Å². The molecular weight excluding hydrogens is 478 g/mol. The normalized spacial score (nSPS) is 11.1. The molecule has 0 bridgehead atoms. The molecule has 7 heteroatoms. The van der Waals surface area contributed by atoms with Gasteiger partial charge in [-0.25, -0.2) is 10.2 Å². The maximum Gasteiger partial charge on any atom is 0.335 e. The summed E-state index contributed by atoms with van der Waals surface area (Å²) < 4.78 is 7.94. The Morgan fingerprint density at radius 3 is 2.37 bits per heavy atom. The fraction of sp³-hybridized carbons (Fsp3) is 0.0645. The summed E-state index contributed by atoms with van der Waals surface area (Å²) in [5.41, 5.74) is 8.74. The van der Waals surface area contributed by atoms with Crippen molar-refractivity contribution in [3.05, 3.63) is 125 Å². The highest BCUT2D eigenvalue weighted by molar-refractivity contribution is 5.95. The summed E-state index contributed by atoms with van der Waals surface area (Å²) >= 11 is 0. The third-order valence-corrected chi connectivity index (χ3v) is 6.35. The summed E-state index contributed by atoms with van der Waals surface area (Å²) in [6.45, 7) is 3.78. The number of hydrogen-bond donors (Lipinski definition) is 2. The summed E-state index contributed by atoms with van der Waals surface area (Å²) in [6.07, 6.45) is 1.40. The first kappa shape index (κ1) is 24.5. The highest BCUT2D eigenvalue weighted by Crippen LogP contribution is 2.28. The van der Waals surface area contributed by atoms with E-state index in [-0.39, 0.29) is 11.5 Å². The van der Waals surface area contributed by atoms with E-state index in [1.165, 1.54) is 6.21 Å². The monoisotopic (exact) mass is 503 g/mol. The predicted octanol–water partition coefficient (Wildman–Crippen LogP) is 6.48. The van der Waals surface area contributed by atoms with Gasteiger partial charge in [0.05, 0.1) is 17.5 Å². The van der Waals surface area contributed by atoms with Crippen molar-refractivity contribution in [1.82, 2.24) is 9.99 Å². The van der Waals surface area contributed by atoms with Gasteiger partial charge in [-0.1, -0.05) is 42.5 Å². The Hall–Kier alpha value is -5.17. The molecule has 0 aliphatic heterocycles. The Labute approximate surface area is 219 Å². The van der Waals surface area contributed by atoms with Crippen molar-refractivity contribution in [2.75, 3.05) is 0 Å². The van der Waals surface area contributed by atoms with E-state index in [0.717, 1.165) is 22.6 Å². The minimum atomic E-state index is -0.992. The lowest BCUT2D eigenvalue weighted by Gasteiger charge is -2.12. The van der Waals surface area contributed by atoms with E-state index in [1.807, 2.05) is 37.3 Å². The topological polar surface area (TPSA) is 96.8 Å². The van der Waals surface area contributed by atoms with Gasteiger partial charge in [0.1, 0.15) is 11.5 Å². The fourth-order valence-electron chi connectivity index (χ4n) is 4.40. The van der Waals surface area contributed by atoms with Crippen molar-refractivity contribution in [3.63, 3.8) is 0 Å². The number of carbonyl (C=O) groups excluding carboxylic acids is 1. The highest BCUT2D eigenvalue weighted by Gasteiger charge is 2.14. The van der Waals surface area contributed by atoms with Crippen LogP contribution >= 0.6 is 0 Å². The number of rotatable bonds is 7. The van der Waals surface area contributed by atoms with E-state index in [0.29, 0.717) is 28.2 Å². The van der Waals surface area contributed by atoms with E-state index in [9.17, 15) is 14.7 Å². The van der Waals surface area contributed by atoms with Crippen LogP contribution < -0.4 is 5.43 Å². The van der Waals surface area contributed by atoms with Crippen molar-refractivity contribution in [2.45, 2.75) is 13.8 Å². The Bertz CT molecular complexity index is 1640. The third kappa shape index (κ3) is 4.90. The molecule has 2 aromatic heterocycles. The van der Waals surface area contributed by atoms with Crippen LogP contribution in [0.5, 0.6) is 0 Å². The molecule has 188 valence electrons. The lowest BCUT2D eigenvalue weighted by atomic mass is 10.0. The van der Waals surface area contributed by atoms with Gasteiger partial charge >= 0.3 is 5.97 Å². The average Bonchev–Trinajstić information content (AvgIpc) is 3.56. The maximum atomic E-state index is 12.6. The molecule has 5 rings (SSSR count). The molecule has 0 spiro atoms. The van der Waals surface area contributed by atoms with E-state index in [4.69, 9.17) is 4.42 Å². The molecule has 0 atom stereocenters. The quantitative estimate of drug-likeness (QED) is 0.196. The Morgan fingerprint density at radius 2 is 1.63 bits per heavy atom. The van der Waals surface area contributed by atoms with Gasteiger partial charge in [-0.05, 0) is 79.6 Å². The standard InChI is InChI=1S/C31H25N3O4/c1-20-11-17-28(22-7-4-3-5-8-22)34(20)24-14-12-23(13-15-24)30(35)33-32-19-25-16-18-29(38-25)26-9-6-10-27(21(26)2)31(36)37/h3-19H,1-2H3,(H,33,35)(H,36,37)/b32-19+. The summed E-state index contributed by atoms with van der Waals surface area (Å²) in [6, 6.07) is 30.1. The Balaban J connectivity index is 1.27. The molecule has 0 fully saturated rings. The first-order valence-corrected chi connectivity index (χ1v) is 12.0. The molecule has 1 amide bonds. The number of hydrogen-bond acceptors (Lipinski definition) is 4. The van der Waals surface area contributed by atoms with Crippen molar-refractivity contribution in [3.8, 4) is 28.3 Å². The SMILES string of the molecule is Cc1c(C(=O)O)cccc1-c1ccc(/C=N/NC(=O)c2ccc(-n3c(C)ccc3-c3ccccc3)cc2)o1. The largest absolute Gasteiger partial charge is 0.478 e. The highest BCUT2D eigenvalue weighted by atomic mass is 16.4. The first-order valence-electron chi connectivity index (χ1n) is 12.0. The second-order valence-corrected chi connectivity index (χ2v) is 8.79. The molecule has 7 nitrogen and oxygen atoms in total. The summed E-state index contributed by atoms with van der Waals surface area (Å²) in [5.74, 6) is -0.401. The van der Waals surface area contributed by atoms with Crippen LogP contribution in [0.4, 0.5) is 0 Å². The summed E-state index contributed by atoms with van der Waals surface area (Å²) in [4.78, 5) is 24.0. The van der Waals surface area contributed by atoms with E-state index in [1.54, 1.807) is 49.4 Å². The smallest absolute Gasteiger partial charge is 0.335 e. The number of hydrazone groups is 1. The molecule has 0 radical (unpaired) electrons. The van der Waals surface area contributed by atoms with Crippen molar-refractivity contribution < 1.29 is 19.1 Å². The fourth-order valence-corrected chi connectivity index (χ4v) is 4.40. The number of aryl methyl sites for hydroxylation is 1. The van der Waals surface area contributed by atoms with E-state index < -0.39 is 5.97 Å². The Morgan fingerprint density at radius 1 is 0.868 bits per heavy atom. The van der Waals surface area contributed by atoms with Gasteiger partial charge in [0.2, 0.25) is 0 Å². The number of carbonyl (C=O) groups is 2. The second-order valence-electron chi connectivity index (χ2n) is 8.79. The number of carboxylic acids is 1. The third-order valence-electron chi connectivity index (χ3n) is 6.35. The van der Waals surface area contributed by atoms with Crippen LogP contribution in [0.2, 0.25) is 0 Å². The lowest BCUT2D eigenvalue weighted by molar-refractivity contribution is 0.0696. The van der Waals surface area contributed by atoms with Crippen molar-refractivity contribution in [1.29, 1.82) is 0 Å². The summed E-state index contributed by atoms with van der Waals surface area (Å²) in [5, 5.41) is 13.4. The molecule has 0 saturated heterocycles. The van der Waals surface area contributed by atoms with E-state index >= 15 is 0 Å². The van der Waals surface area contributed by atoms with Crippen molar-refractivity contribution in [2.24, 2.45) is 5.10 Å².